The Morgan fingerprint density at radius 1 is 0.549 bits per heavy atom. The van der Waals surface area contributed by atoms with E-state index in [-0.39, 0.29) is 12.1 Å². The van der Waals surface area contributed by atoms with Gasteiger partial charge in [-0.05, 0) is 157 Å². The van der Waals surface area contributed by atoms with Crippen molar-refractivity contribution < 1.29 is 23.9 Å². The van der Waals surface area contributed by atoms with Gasteiger partial charge in [-0.15, -0.1) is 0 Å². The Labute approximate surface area is 424 Å². The summed E-state index contributed by atoms with van der Waals surface area (Å²) in [5, 5.41) is 9.91. The van der Waals surface area contributed by atoms with Crippen LogP contribution in [0.2, 0.25) is 0 Å². The van der Waals surface area contributed by atoms with Crippen molar-refractivity contribution in [2.24, 2.45) is 0 Å². The van der Waals surface area contributed by atoms with Crippen LogP contribution in [-0.4, -0.2) is 39.1 Å². The highest BCUT2D eigenvalue weighted by molar-refractivity contribution is 6.04. The molecule has 0 aliphatic carbocycles. The number of anilines is 6. The Morgan fingerprint density at radius 2 is 0.930 bits per heavy atom. The minimum Gasteiger partial charge on any atom is -0.497 e. The Kier molecular flexibility index (Phi) is 22.5. The number of aldehydes is 1. The van der Waals surface area contributed by atoms with Gasteiger partial charge in [0.15, 0.2) is 0 Å². The minimum absolute atomic E-state index is 0.142. The maximum absolute atomic E-state index is 13.8. The van der Waals surface area contributed by atoms with Gasteiger partial charge < -0.3 is 36.0 Å². The fourth-order valence-corrected chi connectivity index (χ4v) is 8.23. The predicted octanol–water partition coefficient (Wildman–Crippen LogP) is 14.6. The summed E-state index contributed by atoms with van der Waals surface area (Å²) in [5.41, 5.74) is 20.3. The average molecular weight is 963 g/mol. The first kappa shape index (κ1) is 56.3. The van der Waals surface area contributed by atoms with Crippen molar-refractivity contribution >= 4 is 52.5 Å². The number of nitrogens with one attached hydrogen (secondary N) is 3. The van der Waals surface area contributed by atoms with Gasteiger partial charge in [0.25, 0.3) is 0 Å². The molecule has 0 aliphatic rings. The third-order valence-corrected chi connectivity index (χ3v) is 12.4. The Morgan fingerprint density at radius 3 is 1.27 bits per heavy atom. The molecule has 0 heterocycles. The lowest BCUT2D eigenvalue weighted by molar-refractivity contribution is -0.106. The molecule has 378 valence electrons. The number of nitrogens with two attached hydrogens (primary N) is 1. The molecule has 6 aromatic rings. The molecular weight excluding hydrogens is 885 g/mol. The number of ether oxygens (including phenoxy) is 2. The average Bonchev–Trinajstić information content (AvgIpc) is 3.38. The van der Waals surface area contributed by atoms with Gasteiger partial charge in [-0.25, -0.2) is 9.59 Å². The van der Waals surface area contributed by atoms with Gasteiger partial charge in [-0.1, -0.05) is 116 Å². The number of amides is 4. The van der Waals surface area contributed by atoms with Crippen molar-refractivity contribution in [3.05, 3.63) is 166 Å². The van der Waals surface area contributed by atoms with Gasteiger partial charge >= 0.3 is 12.1 Å². The molecule has 0 aliphatic heterocycles. The maximum Gasteiger partial charge on any atom is 0.326 e. The third-order valence-electron chi connectivity index (χ3n) is 12.4. The van der Waals surface area contributed by atoms with Gasteiger partial charge in [-0.3, -0.25) is 9.80 Å². The highest BCUT2D eigenvalue weighted by Crippen LogP contribution is 2.33. The molecule has 0 bridgehead atoms. The first-order chi connectivity index (χ1) is 34.2. The normalized spacial score (nSPS) is 10.6. The monoisotopic (exact) mass is 963 g/mol. The number of nitrogens with zero attached hydrogens (tertiary/aromatic N) is 2. The number of aryl methyl sites for hydroxylation is 2. The summed E-state index contributed by atoms with van der Waals surface area (Å²) < 4.78 is 10.6. The molecule has 6 aromatic carbocycles. The zero-order valence-electron chi connectivity index (χ0n) is 44.2. The van der Waals surface area contributed by atoms with Crippen LogP contribution in [0.5, 0.6) is 11.5 Å². The number of hydrogen-bond acceptors (Lipinski definition) is 7. The van der Waals surface area contributed by atoms with Gasteiger partial charge in [0.05, 0.1) is 38.7 Å². The number of methoxy groups -OCH3 is 2. The van der Waals surface area contributed by atoms with Gasteiger partial charge in [-0.2, -0.15) is 0 Å². The Hall–Kier alpha value is -7.27. The highest BCUT2D eigenvalue weighted by Gasteiger charge is 2.23. The molecule has 0 atom stereocenters. The van der Waals surface area contributed by atoms with E-state index in [1.165, 1.54) is 18.1 Å². The van der Waals surface area contributed by atoms with Crippen LogP contribution in [0.4, 0.5) is 43.7 Å². The zero-order chi connectivity index (χ0) is 52.0. The van der Waals surface area contributed by atoms with Crippen LogP contribution in [0, 0.1) is 0 Å². The molecule has 11 nitrogen and oxygen atoms in total. The van der Waals surface area contributed by atoms with Crippen LogP contribution in [0.25, 0.3) is 0 Å². The van der Waals surface area contributed by atoms with E-state index in [2.05, 4.69) is 115 Å². The van der Waals surface area contributed by atoms with Gasteiger partial charge in [0, 0.05) is 29.3 Å². The second-order valence-corrected chi connectivity index (χ2v) is 17.7. The zero-order valence-corrected chi connectivity index (χ0v) is 44.2. The second kappa shape index (κ2) is 28.4. The van der Waals surface area contributed by atoms with Crippen LogP contribution < -0.4 is 41.0 Å². The van der Waals surface area contributed by atoms with E-state index in [1.54, 1.807) is 19.1 Å². The number of carbonyl (C=O) groups is 3. The molecule has 4 amide bonds. The smallest absolute Gasteiger partial charge is 0.326 e. The first-order valence-corrected chi connectivity index (χ1v) is 25.0. The van der Waals surface area contributed by atoms with Crippen molar-refractivity contribution in [2.75, 3.05) is 52.2 Å². The van der Waals surface area contributed by atoms with E-state index in [1.807, 2.05) is 89.8 Å². The molecule has 6 rings (SSSR count). The van der Waals surface area contributed by atoms with E-state index in [0.29, 0.717) is 30.6 Å². The van der Waals surface area contributed by atoms with Crippen LogP contribution >= 0.6 is 0 Å². The van der Waals surface area contributed by atoms with Crippen molar-refractivity contribution in [1.29, 1.82) is 0 Å². The maximum atomic E-state index is 13.8. The SMILES string of the molecule is CC=O.CCNc1ccc(CC)c(NC(=O)N(Cc2ccc(OC)cc2)c2ccc(C(C)C)cc2)c1CC.CCc1ccc(N)c(CC)c1NC(=O)N(Cc1ccc(OC)cc1)c1ccc(C(C)C)cc1. The quantitative estimate of drug-likeness (QED) is 0.0497. The molecule has 5 N–H and O–H groups in total. The Balaban J connectivity index is 0.000000293. The van der Waals surface area contributed by atoms with Gasteiger partial charge in [0.1, 0.15) is 17.8 Å². The molecule has 0 saturated heterocycles. The number of rotatable bonds is 18. The molecule has 71 heavy (non-hydrogen) atoms. The van der Waals surface area contributed by atoms with Crippen molar-refractivity contribution in [3.63, 3.8) is 0 Å². The lowest BCUT2D eigenvalue weighted by atomic mass is 10.0. The number of carbonyl (C=O) groups excluding carboxylic acids is 3. The highest BCUT2D eigenvalue weighted by atomic mass is 16.5. The molecule has 0 saturated carbocycles. The summed E-state index contributed by atoms with van der Waals surface area (Å²) in [6.45, 7) is 22.3. The van der Waals surface area contributed by atoms with Crippen LogP contribution in [0.3, 0.4) is 0 Å². The summed E-state index contributed by atoms with van der Waals surface area (Å²) in [6.07, 6.45) is 3.98. The lowest BCUT2D eigenvalue weighted by Crippen LogP contribution is -2.35. The lowest BCUT2D eigenvalue weighted by Gasteiger charge is -2.26. The second-order valence-electron chi connectivity index (χ2n) is 17.7. The van der Waals surface area contributed by atoms with Gasteiger partial charge in [0.2, 0.25) is 0 Å². The van der Waals surface area contributed by atoms with Crippen LogP contribution in [0.15, 0.2) is 121 Å². The summed E-state index contributed by atoms with van der Waals surface area (Å²) in [4.78, 5) is 39.9. The number of urea groups is 2. The summed E-state index contributed by atoms with van der Waals surface area (Å²) in [7, 11) is 3.30. The number of benzene rings is 6. The van der Waals surface area contributed by atoms with E-state index in [4.69, 9.17) is 20.0 Å². The molecule has 0 radical (unpaired) electrons. The molecule has 0 fully saturated rings. The minimum atomic E-state index is -0.182. The summed E-state index contributed by atoms with van der Waals surface area (Å²) in [6, 6.07) is 40.0. The van der Waals surface area contributed by atoms with Crippen LogP contribution in [-0.2, 0) is 43.6 Å². The van der Waals surface area contributed by atoms with Crippen molar-refractivity contribution in [3.8, 4) is 11.5 Å². The third kappa shape index (κ3) is 15.6. The van der Waals surface area contributed by atoms with E-state index in [0.717, 1.165) is 112 Å². The standard InChI is InChI=1S/C30H39N3O2.C28H35N3O2.C2H4O/c1-7-23-14-19-28(31-9-3)27(8-2)29(23)32-30(34)33(20-22-10-17-26(35-6)18-11-22)25-15-12-24(13-16-25)21(4)5;1-6-21-12-17-26(29)25(7-2)27(21)30-28(32)31(18-20-8-15-24(33-5)16-9-20)23-13-10-22(11-14-23)19(3)4;1-2-3/h10-19,21,31H,7-9,20H2,1-6H3,(H,32,34);8-17,19H,6-7,18,29H2,1-5H3,(H,30,32);2H,1H3. The molecular formula is C60H78N6O5. The van der Waals surface area contributed by atoms with Crippen molar-refractivity contribution in [2.45, 2.75) is 120 Å². The topological polar surface area (TPSA) is 138 Å². The largest absolute Gasteiger partial charge is 0.497 e. The fraction of sp³-hybridized carbons (Fsp3) is 0.350. The Bertz CT molecular complexity index is 2590. The number of nitrogen functional groups attached to an aromatic ring is 1. The predicted molar refractivity (Wildman–Crippen MR) is 298 cm³/mol. The molecule has 0 spiro atoms. The molecule has 11 heteroatoms. The number of hydrogen-bond donors (Lipinski definition) is 4. The van der Waals surface area contributed by atoms with Crippen LogP contribution in [0.1, 0.15) is 126 Å². The summed E-state index contributed by atoms with van der Waals surface area (Å²) in [5.74, 6) is 2.44. The van der Waals surface area contributed by atoms with E-state index < -0.39 is 0 Å². The van der Waals surface area contributed by atoms with E-state index >= 15 is 0 Å². The molecule has 0 unspecified atom stereocenters. The fourth-order valence-electron chi connectivity index (χ4n) is 8.23. The van der Waals surface area contributed by atoms with E-state index in [9.17, 15) is 9.59 Å². The summed E-state index contributed by atoms with van der Waals surface area (Å²) >= 11 is 0. The van der Waals surface area contributed by atoms with Crippen molar-refractivity contribution in [1.82, 2.24) is 0 Å². The molecule has 0 aromatic heterocycles. The first-order valence-electron chi connectivity index (χ1n) is 25.0.